The number of halogens is 3. The first kappa shape index (κ1) is 21.6. The van der Waals surface area contributed by atoms with Crippen LogP contribution in [0.5, 0.6) is 0 Å². The van der Waals surface area contributed by atoms with E-state index in [0.717, 1.165) is 18.6 Å². The first-order chi connectivity index (χ1) is 15.1. The van der Waals surface area contributed by atoms with Crippen LogP contribution in [0.15, 0.2) is 36.7 Å². The topological polar surface area (TPSA) is 117 Å². The maximum atomic E-state index is 13.2. The molecule has 4 N–H and O–H groups in total. The van der Waals surface area contributed by atoms with Crippen LogP contribution < -0.4 is 11.1 Å². The van der Waals surface area contributed by atoms with Gasteiger partial charge in [0.15, 0.2) is 0 Å². The van der Waals surface area contributed by atoms with Gasteiger partial charge in [0.25, 0.3) is 0 Å². The first-order valence-electron chi connectivity index (χ1n) is 10.0. The van der Waals surface area contributed by atoms with Gasteiger partial charge in [-0.3, -0.25) is 14.7 Å². The third-order valence-corrected chi connectivity index (χ3v) is 5.64. The third-order valence-electron chi connectivity index (χ3n) is 5.64. The molecule has 1 aliphatic heterocycles. The zero-order chi connectivity index (χ0) is 23.0. The second kappa shape index (κ2) is 8.13. The van der Waals surface area contributed by atoms with E-state index in [2.05, 4.69) is 20.5 Å². The van der Waals surface area contributed by atoms with Crippen LogP contribution in [0.4, 0.5) is 24.7 Å². The maximum absolute atomic E-state index is 13.2. The van der Waals surface area contributed by atoms with E-state index in [9.17, 15) is 22.8 Å². The standard InChI is InChI=1S/C21H21F3N6O2/c1-11-5-6-16(12-3-2-4-13(7-12)21(22,23)24)30(10-11)20(32)19(31)28-15-9-26-18(25)14-8-27-29-17(14)15/h2-4,7-9,11,16H,5-6,10H2,1H3,(H2,25,26)(H,27,29)(H,28,31)/t11-,16+/m0/s1. The molecule has 2 atom stereocenters. The number of nitrogens with one attached hydrogen (secondary N) is 2. The summed E-state index contributed by atoms with van der Waals surface area (Å²) in [4.78, 5) is 31.2. The van der Waals surface area contributed by atoms with E-state index in [1.807, 2.05) is 6.92 Å². The summed E-state index contributed by atoms with van der Waals surface area (Å²) in [6.07, 6.45) is -0.560. The van der Waals surface area contributed by atoms with Gasteiger partial charge in [0.05, 0.1) is 40.6 Å². The quantitative estimate of drug-likeness (QED) is 0.521. The molecule has 3 heterocycles. The van der Waals surface area contributed by atoms with Gasteiger partial charge in [-0.2, -0.15) is 18.3 Å². The number of hydrogen-bond acceptors (Lipinski definition) is 5. The highest BCUT2D eigenvalue weighted by Gasteiger charge is 2.36. The van der Waals surface area contributed by atoms with Crippen molar-refractivity contribution in [3.8, 4) is 0 Å². The number of benzene rings is 1. The molecule has 11 heteroatoms. The summed E-state index contributed by atoms with van der Waals surface area (Å²) in [5, 5.41) is 9.58. The zero-order valence-electron chi connectivity index (χ0n) is 17.1. The number of pyridine rings is 1. The van der Waals surface area contributed by atoms with Gasteiger partial charge in [0, 0.05) is 6.54 Å². The molecule has 0 unspecified atom stereocenters. The van der Waals surface area contributed by atoms with Gasteiger partial charge < -0.3 is 16.0 Å². The fourth-order valence-electron chi connectivity index (χ4n) is 4.00. The number of fused-ring (bicyclic) bond motifs is 1. The van der Waals surface area contributed by atoms with Crippen molar-refractivity contribution in [2.45, 2.75) is 32.0 Å². The van der Waals surface area contributed by atoms with Crippen molar-refractivity contribution in [2.24, 2.45) is 5.92 Å². The van der Waals surface area contributed by atoms with E-state index in [1.165, 1.54) is 23.4 Å². The summed E-state index contributed by atoms with van der Waals surface area (Å²) in [7, 11) is 0. The van der Waals surface area contributed by atoms with Crippen LogP contribution in [0.3, 0.4) is 0 Å². The molecule has 1 fully saturated rings. The molecule has 168 valence electrons. The number of nitrogens with two attached hydrogens (primary N) is 1. The molecule has 0 spiro atoms. The molecule has 0 aliphatic carbocycles. The number of H-pyrrole nitrogens is 1. The van der Waals surface area contributed by atoms with Crippen molar-refractivity contribution in [3.63, 3.8) is 0 Å². The van der Waals surface area contributed by atoms with E-state index < -0.39 is 29.6 Å². The Morgan fingerprint density at radius 3 is 2.78 bits per heavy atom. The van der Waals surface area contributed by atoms with Crippen molar-refractivity contribution < 1.29 is 22.8 Å². The van der Waals surface area contributed by atoms with Crippen LogP contribution in [-0.4, -0.2) is 38.4 Å². The largest absolute Gasteiger partial charge is 0.416 e. The minimum absolute atomic E-state index is 0.103. The number of likely N-dealkylation sites (tertiary alicyclic amines) is 1. The molecule has 0 saturated carbocycles. The van der Waals surface area contributed by atoms with Gasteiger partial charge in [-0.1, -0.05) is 19.1 Å². The Hall–Kier alpha value is -3.63. The molecule has 0 radical (unpaired) electrons. The number of nitrogen functional groups attached to an aromatic ring is 1. The molecule has 0 bridgehead atoms. The lowest BCUT2D eigenvalue weighted by atomic mass is 9.89. The van der Waals surface area contributed by atoms with Gasteiger partial charge >= 0.3 is 18.0 Å². The van der Waals surface area contributed by atoms with Crippen LogP contribution >= 0.6 is 0 Å². The van der Waals surface area contributed by atoms with E-state index in [-0.39, 0.29) is 24.0 Å². The van der Waals surface area contributed by atoms with Gasteiger partial charge in [-0.25, -0.2) is 4.98 Å². The molecule has 2 amide bonds. The van der Waals surface area contributed by atoms with Gasteiger partial charge in [0.2, 0.25) is 0 Å². The van der Waals surface area contributed by atoms with E-state index >= 15 is 0 Å². The molecular weight excluding hydrogens is 425 g/mol. The van der Waals surface area contributed by atoms with Crippen molar-refractivity contribution >= 4 is 34.2 Å². The van der Waals surface area contributed by atoms with Crippen molar-refractivity contribution in [1.29, 1.82) is 0 Å². The summed E-state index contributed by atoms with van der Waals surface area (Å²) in [5.41, 5.74) is 5.98. The Labute approximate surface area is 181 Å². The molecular formula is C21H21F3N6O2. The number of carbonyl (C=O) groups is 2. The molecule has 1 aromatic carbocycles. The number of amides is 2. The fourth-order valence-corrected chi connectivity index (χ4v) is 4.00. The number of hydrogen-bond donors (Lipinski definition) is 3. The highest BCUT2D eigenvalue weighted by molar-refractivity contribution is 6.40. The Morgan fingerprint density at radius 2 is 2.03 bits per heavy atom. The van der Waals surface area contributed by atoms with Crippen LogP contribution in [0.2, 0.25) is 0 Å². The molecule has 2 aromatic heterocycles. The van der Waals surface area contributed by atoms with Gasteiger partial charge in [-0.15, -0.1) is 0 Å². The Kier molecular flexibility index (Phi) is 5.49. The predicted molar refractivity (Wildman–Crippen MR) is 111 cm³/mol. The van der Waals surface area contributed by atoms with Crippen LogP contribution in [0.1, 0.15) is 36.9 Å². The average molecular weight is 446 g/mol. The minimum Gasteiger partial charge on any atom is -0.383 e. The SMILES string of the molecule is C[C@H]1CC[C@H](c2cccc(C(F)(F)F)c2)N(C(=O)C(=O)Nc2cnc(N)c3cn[nH]c23)C1. The molecule has 8 nitrogen and oxygen atoms in total. The zero-order valence-corrected chi connectivity index (χ0v) is 17.1. The number of anilines is 2. The third kappa shape index (κ3) is 4.10. The molecule has 32 heavy (non-hydrogen) atoms. The summed E-state index contributed by atoms with van der Waals surface area (Å²) < 4.78 is 39.6. The van der Waals surface area contributed by atoms with E-state index in [0.29, 0.717) is 22.9 Å². The Morgan fingerprint density at radius 1 is 1.25 bits per heavy atom. The lowest BCUT2D eigenvalue weighted by Crippen LogP contribution is -2.46. The second-order valence-corrected chi connectivity index (χ2v) is 7.95. The highest BCUT2D eigenvalue weighted by Crippen LogP contribution is 2.37. The Bertz CT molecular complexity index is 1180. The number of alkyl halides is 3. The van der Waals surface area contributed by atoms with Crippen molar-refractivity contribution in [2.75, 3.05) is 17.6 Å². The predicted octanol–water partition coefficient (Wildman–Crippen LogP) is 3.50. The second-order valence-electron chi connectivity index (χ2n) is 7.95. The molecule has 4 rings (SSSR count). The summed E-state index contributed by atoms with van der Waals surface area (Å²) >= 11 is 0. The lowest BCUT2D eigenvalue weighted by molar-refractivity contribution is -0.146. The monoisotopic (exact) mass is 446 g/mol. The van der Waals surface area contributed by atoms with Crippen LogP contribution in [0.25, 0.3) is 10.9 Å². The first-order valence-corrected chi connectivity index (χ1v) is 10.0. The van der Waals surface area contributed by atoms with Crippen molar-refractivity contribution in [3.05, 3.63) is 47.8 Å². The smallest absolute Gasteiger partial charge is 0.383 e. The van der Waals surface area contributed by atoms with E-state index in [4.69, 9.17) is 5.73 Å². The summed E-state index contributed by atoms with van der Waals surface area (Å²) in [6, 6.07) is 4.25. The van der Waals surface area contributed by atoms with Crippen molar-refractivity contribution in [1.82, 2.24) is 20.1 Å². The number of rotatable bonds is 2. The molecule has 3 aromatic rings. The lowest BCUT2D eigenvalue weighted by Gasteiger charge is -2.38. The van der Waals surface area contributed by atoms with Crippen LogP contribution in [0, 0.1) is 5.92 Å². The minimum atomic E-state index is -4.50. The fraction of sp³-hybridized carbons (Fsp3) is 0.333. The normalized spacial score (nSPS) is 19.2. The average Bonchev–Trinajstić information content (AvgIpc) is 3.26. The number of carbonyl (C=O) groups excluding carboxylic acids is 2. The summed E-state index contributed by atoms with van der Waals surface area (Å²) in [6.45, 7) is 2.19. The van der Waals surface area contributed by atoms with Crippen LogP contribution in [-0.2, 0) is 15.8 Å². The number of nitrogens with zero attached hydrogens (tertiary/aromatic N) is 3. The molecule has 1 aliphatic rings. The van der Waals surface area contributed by atoms with Gasteiger partial charge in [-0.05, 0) is 36.5 Å². The number of piperidine rings is 1. The van der Waals surface area contributed by atoms with Gasteiger partial charge in [0.1, 0.15) is 5.82 Å². The number of aromatic amines is 1. The maximum Gasteiger partial charge on any atom is 0.416 e. The molecule has 1 saturated heterocycles. The van der Waals surface area contributed by atoms with E-state index in [1.54, 1.807) is 6.07 Å². The Balaban J connectivity index is 1.60. The summed E-state index contributed by atoms with van der Waals surface area (Å²) in [5.74, 6) is -1.43. The number of aromatic nitrogens is 3. The highest BCUT2D eigenvalue weighted by atomic mass is 19.4.